The zero-order valence-corrected chi connectivity index (χ0v) is 14.0. The van der Waals surface area contributed by atoms with Crippen molar-refractivity contribution in [1.82, 2.24) is 20.5 Å². The second-order valence-corrected chi connectivity index (χ2v) is 5.58. The van der Waals surface area contributed by atoms with E-state index >= 15 is 0 Å². The van der Waals surface area contributed by atoms with Gasteiger partial charge < -0.3 is 10.6 Å². The molecule has 0 saturated heterocycles. The molecular weight excluding hydrogens is 333 g/mol. The Balaban J connectivity index is 1.48. The van der Waals surface area contributed by atoms with Gasteiger partial charge in [-0.15, -0.1) is 10.2 Å². The molecule has 0 aliphatic rings. The van der Waals surface area contributed by atoms with Crippen molar-refractivity contribution in [3.8, 4) is 0 Å². The molecule has 132 valence electrons. The van der Waals surface area contributed by atoms with Gasteiger partial charge in [0.15, 0.2) is 5.69 Å². The first-order valence-electron chi connectivity index (χ1n) is 8.21. The monoisotopic (exact) mass is 351 g/mol. The van der Waals surface area contributed by atoms with E-state index in [1.54, 1.807) is 36.5 Å². The zero-order valence-electron chi connectivity index (χ0n) is 14.0. The van der Waals surface area contributed by atoms with Gasteiger partial charge in [-0.3, -0.25) is 9.78 Å². The van der Waals surface area contributed by atoms with Crippen molar-refractivity contribution in [3.63, 3.8) is 0 Å². The number of aromatic nitrogens is 3. The highest BCUT2D eigenvalue weighted by Crippen LogP contribution is 2.07. The number of nitrogens with one attached hydrogen (secondary N) is 2. The highest BCUT2D eigenvalue weighted by molar-refractivity contribution is 5.92. The Morgan fingerprint density at radius 2 is 1.85 bits per heavy atom. The molecule has 3 rings (SSSR count). The molecule has 26 heavy (non-hydrogen) atoms. The summed E-state index contributed by atoms with van der Waals surface area (Å²) in [5.41, 5.74) is 1.65. The fourth-order valence-electron chi connectivity index (χ4n) is 2.33. The van der Waals surface area contributed by atoms with E-state index in [0.717, 1.165) is 5.69 Å². The second kappa shape index (κ2) is 8.66. The van der Waals surface area contributed by atoms with Crippen molar-refractivity contribution in [1.29, 1.82) is 0 Å². The molecule has 2 N–H and O–H groups in total. The van der Waals surface area contributed by atoms with E-state index in [2.05, 4.69) is 25.8 Å². The van der Waals surface area contributed by atoms with Gasteiger partial charge in [0, 0.05) is 12.7 Å². The molecule has 2 aromatic heterocycles. The van der Waals surface area contributed by atoms with E-state index in [4.69, 9.17) is 0 Å². The summed E-state index contributed by atoms with van der Waals surface area (Å²) in [5.74, 6) is -0.0615. The molecule has 0 atom stereocenters. The smallest absolute Gasteiger partial charge is 0.271 e. The minimum absolute atomic E-state index is 0.210. The molecule has 1 aromatic carbocycles. The fraction of sp³-hybridized carbons (Fsp3) is 0.158. The lowest BCUT2D eigenvalue weighted by atomic mass is 10.1. The third kappa shape index (κ3) is 4.83. The summed E-state index contributed by atoms with van der Waals surface area (Å²) >= 11 is 0. The van der Waals surface area contributed by atoms with E-state index in [0.29, 0.717) is 30.9 Å². The van der Waals surface area contributed by atoms with Crippen LogP contribution in [0.1, 0.15) is 21.7 Å². The molecule has 0 saturated carbocycles. The van der Waals surface area contributed by atoms with E-state index in [1.807, 2.05) is 18.2 Å². The van der Waals surface area contributed by atoms with Crippen molar-refractivity contribution in [3.05, 3.63) is 83.6 Å². The van der Waals surface area contributed by atoms with Gasteiger partial charge in [-0.25, -0.2) is 4.39 Å². The van der Waals surface area contributed by atoms with Gasteiger partial charge in [0.2, 0.25) is 0 Å². The van der Waals surface area contributed by atoms with E-state index in [1.165, 1.54) is 6.07 Å². The predicted octanol–water partition coefficient (Wildman–Crippen LogP) is 2.60. The summed E-state index contributed by atoms with van der Waals surface area (Å²) in [4.78, 5) is 16.3. The van der Waals surface area contributed by atoms with Crippen LogP contribution in [0.5, 0.6) is 0 Å². The highest BCUT2D eigenvalue weighted by Gasteiger charge is 2.08. The maximum Gasteiger partial charge on any atom is 0.271 e. The Morgan fingerprint density at radius 3 is 2.58 bits per heavy atom. The lowest BCUT2D eigenvalue weighted by Crippen LogP contribution is -2.27. The van der Waals surface area contributed by atoms with Crippen LogP contribution in [0, 0.1) is 5.82 Å². The number of anilines is 1. The van der Waals surface area contributed by atoms with Gasteiger partial charge in [0.1, 0.15) is 11.6 Å². The molecule has 1 amide bonds. The molecule has 0 bridgehead atoms. The molecule has 0 unspecified atom stereocenters. The Bertz CT molecular complexity index is 855. The fourth-order valence-corrected chi connectivity index (χ4v) is 2.33. The number of pyridine rings is 1. The first kappa shape index (κ1) is 17.5. The highest BCUT2D eigenvalue weighted by atomic mass is 19.1. The number of nitrogens with zero attached hydrogens (tertiary/aromatic N) is 3. The van der Waals surface area contributed by atoms with Gasteiger partial charge in [0.05, 0.1) is 12.2 Å². The first-order valence-corrected chi connectivity index (χ1v) is 8.21. The van der Waals surface area contributed by atoms with Crippen LogP contribution in [0.4, 0.5) is 10.2 Å². The molecule has 0 radical (unpaired) electrons. The van der Waals surface area contributed by atoms with E-state index in [-0.39, 0.29) is 17.4 Å². The first-order chi connectivity index (χ1) is 12.7. The number of carbonyl (C=O) groups is 1. The minimum atomic E-state index is -0.342. The standard InChI is InChI=1S/C19H18FN5O/c20-16-7-2-1-5-14(16)10-12-22-19(26)17-8-9-18(25-24-17)23-13-15-6-3-4-11-21-15/h1-9,11H,10,12-13H2,(H,22,26)(H,23,25). The number of amides is 1. The predicted molar refractivity (Wildman–Crippen MR) is 96.0 cm³/mol. The third-order valence-electron chi connectivity index (χ3n) is 3.71. The summed E-state index contributed by atoms with van der Waals surface area (Å²) in [6.45, 7) is 0.838. The molecule has 6 nitrogen and oxygen atoms in total. The van der Waals surface area contributed by atoms with Crippen molar-refractivity contribution >= 4 is 11.7 Å². The lowest BCUT2D eigenvalue weighted by Gasteiger charge is -2.07. The summed E-state index contributed by atoms with van der Waals surface area (Å²) in [7, 11) is 0. The van der Waals surface area contributed by atoms with Crippen LogP contribution in [0.2, 0.25) is 0 Å². The van der Waals surface area contributed by atoms with E-state index < -0.39 is 0 Å². The number of rotatable bonds is 7. The van der Waals surface area contributed by atoms with Gasteiger partial charge in [-0.05, 0) is 42.3 Å². The van der Waals surface area contributed by atoms with Crippen molar-refractivity contribution in [2.75, 3.05) is 11.9 Å². The second-order valence-electron chi connectivity index (χ2n) is 5.58. The average molecular weight is 351 g/mol. The Kier molecular flexibility index (Phi) is 5.82. The van der Waals surface area contributed by atoms with Crippen molar-refractivity contribution < 1.29 is 9.18 Å². The summed E-state index contributed by atoms with van der Waals surface area (Å²) in [6.07, 6.45) is 2.13. The number of halogens is 1. The molecular formula is C19H18FN5O. The zero-order chi connectivity index (χ0) is 18.2. The third-order valence-corrected chi connectivity index (χ3v) is 3.71. The maximum absolute atomic E-state index is 13.5. The lowest BCUT2D eigenvalue weighted by molar-refractivity contribution is 0.0948. The summed E-state index contributed by atoms with van der Waals surface area (Å²) < 4.78 is 13.5. The molecule has 0 aliphatic carbocycles. The molecule has 2 heterocycles. The molecule has 0 spiro atoms. The molecule has 0 aliphatic heterocycles. The normalized spacial score (nSPS) is 10.3. The Hall–Kier alpha value is -3.35. The van der Waals surface area contributed by atoms with Crippen molar-refractivity contribution in [2.24, 2.45) is 0 Å². The van der Waals surface area contributed by atoms with Crippen LogP contribution in [0.25, 0.3) is 0 Å². The SMILES string of the molecule is O=C(NCCc1ccccc1F)c1ccc(NCc2ccccn2)nn1. The van der Waals surface area contributed by atoms with Crippen LogP contribution in [0.3, 0.4) is 0 Å². The number of benzene rings is 1. The van der Waals surface area contributed by atoms with Gasteiger partial charge in [-0.1, -0.05) is 24.3 Å². The molecule has 3 aromatic rings. The minimum Gasteiger partial charge on any atom is -0.363 e. The maximum atomic E-state index is 13.5. The summed E-state index contributed by atoms with van der Waals surface area (Å²) in [6, 6.07) is 15.4. The van der Waals surface area contributed by atoms with Crippen LogP contribution in [-0.2, 0) is 13.0 Å². The van der Waals surface area contributed by atoms with Crippen LogP contribution in [-0.4, -0.2) is 27.6 Å². The Labute approximate surface area is 150 Å². The summed E-state index contributed by atoms with van der Waals surface area (Å²) in [5, 5.41) is 13.7. The van der Waals surface area contributed by atoms with Crippen molar-refractivity contribution in [2.45, 2.75) is 13.0 Å². The average Bonchev–Trinajstić information content (AvgIpc) is 2.69. The van der Waals surface area contributed by atoms with Crippen LogP contribution >= 0.6 is 0 Å². The number of hydrogen-bond acceptors (Lipinski definition) is 5. The number of carbonyl (C=O) groups excluding carboxylic acids is 1. The van der Waals surface area contributed by atoms with Crippen LogP contribution in [0.15, 0.2) is 60.8 Å². The Morgan fingerprint density at radius 1 is 1.00 bits per heavy atom. The van der Waals surface area contributed by atoms with Gasteiger partial charge in [0.25, 0.3) is 5.91 Å². The largest absolute Gasteiger partial charge is 0.363 e. The number of hydrogen-bond donors (Lipinski definition) is 2. The quantitative estimate of drug-likeness (QED) is 0.684. The van der Waals surface area contributed by atoms with Crippen LogP contribution < -0.4 is 10.6 Å². The molecule has 0 fully saturated rings. The van der Waals surface area contributed by atoms with Gasteiger partial charge >= 0.3 is 0 Å². The van der Waals surface area contributed by atoms with E-state index in [9.17, 15) is 9.18 Å². The van der Waals surface area contributed by atoms with Gasteiger partial charge in [-0.2, -0.15) is 0 Å². The topological polar surface area (TPSA) is 79.8 Å². The molecule has 7 heteroatoms.